The molecule has 1 nitrogen and oxygen atoms in total. The van der Waals surface area contributed by atoms with Crippen molar-refractivity contribution in [2.75, 3.05) is 6.54 Å². The van der Waals surface area contributed by atoms with Crippen LogP contribution in [0.1, 0.15) is 65.2 Å². The first-order chi connectivity index (χ1) is 6.84. The van der Waals surface area contributed by atoms with Gasteiger partial charge in [-0.05, 0) is 38.6 Å². The summed E-state index contributed by atoms with van der Waals surface area (Å²) in [7, 11) is 0. The topological polar surface area (TPSA) is 12.0 Å². The molecule has 1 aliphatic carbocycles. The lowest BCUT2D eigenvalue weighted by atomic mass is 9.93. The van der Waals surface area contributed by atoms with Gasteiger partial charge in [-0.1, -0.05) is 39.0 Å². The molecule has 0 aliphatic heterocycles. The third-order valence-electron chi connectivity index (χ3n) is 3.60. The summed E-state index contributed by atoms with van der Waals surface area (Å²) in [5.74, 6) is 0.953. The van der Waals surface area contributed by atoms with Crippen molar-refractivity contribution in [3.05, 3.63) is 0 Å². The van der Waals surface area contributed by atoms with E-state index >= 15 is 0 Å². The van der Waals surface area contributed by atoms with Crippen molar-refractivity contribution in [3.63, 3.8) is 0 Å². The Bertz CT molecular complexity index is 125. The second-order valence-electron chi connectivity index (χ2n) is 4.85. The largest absolute Gasteiger partial charge is 0.314 e. The zero-order valence-electron chi connectivity index (χ0n) is 10.0. The first-order valence-electron chi connectivity index (χ1n) is 6.58. The van der Waals surface area contributed by atoms with Crippen LogP contribution < -0.4 is 5.32 Å². The Morgan fingerprint density at radius 2 is 1.79 bits per heavy atom. The number of nitrogens with one attached hydrogen (secondary N) is 1. The monoisotopic (exact) mass is 197 g/mol. The molecule has 0 aromatic carbocycles. The predicted octanol–water partition coefficient (Wildman–Crippen LogP) is 3.74. The van der Waals surface area contributed by atoms with E-state index in [1.165, 1.54) is 57.9 Å². The molecule has 0 aromatic rings. The van der Waals surface area contributed by atoms with Crippen LogP contribution in [0.25, 0.3) is 0 Å². The summed E-state index contributed by atoms with van der Waals surface area (Å²) in [6.07, 6.45) is 11.4. The lowest BCUT2D eigenvalue weighted by Crippen LogP contribution is -2.34. The summed E-state index contributed by atoms with van der Waals surface area (Å²) in [4.78, 5) is 0. The van der Waals surface area contributed by atoms with Crippen LogP contribution in [0, 0.1) is 5.92 Å². The standard InChI is InChI=1S/C13H27N/c1-3-4-11-14-12(2)13-9-7-5-6-8-10-13/h12-14H,3-11H2,1-2H3/t12-/m1/s1. The second-order valence-corrected chi connectivity index (χ2v) is 4.85. The Morgan fingerprint density at radius 3 is 2.36 bits per heavy atom. The SMILES string of the molecule is CCCCN[C@H](C)C1CCCCCC1. The van der Waals surface area contributed by atoms with E-state index in [-0.39, 0.29) is 0 Å². The van der Waals surface area contributed by atoms with Gasteiger partial charge in [-0.25, -0.2) is 0 Å². The van der Waals surface area contributed by atoms with Crippen LogP contribution in [0.4, 0.5) is 0 Å². The van der Waals surface area contributed by atoms with Crippen molar-refractivity contribution in [2.45, 2.75) is 71.3 Å². The van der Waals surface area contributed by atoms with E-state index in [2.05, 4.69) is 19.2 Å². The fourth-order valence-electron chi connectivity index (χ4n) is 2.48. The van der Waals surface area contributed by atoms with Gasteiger partial charge in [0, 0.05) is 6.04 Å². The van der Waals surface area contributed by atoms with Gasteiger partial charge in [0.1, 0.15) is 0 Å². The molecule has 0 saturated heterocycles. The molecule has 14 heavy (non-hydrogen) atoms. The zero-order chi connectivity index (χ0) is 10.2. The van der Waals surface area contributed by atoms with E-state index in [0.717, 1.165) is 12.0 Å². The molecule has 0 aromatic heterocycles. The Kier molecular flexibility index (Phi) is 6.25. The average Bonchev–Trinajstić information content (AvgIpc) is 2.46. The van der Waals surface area contributed by atoms with Crippen LogP contribution in [0.2, 0.25) is 0 Å². The van der Waals surface area contributed by atoms with Crippen molar-refractivity contribution >= 4 is 0 Å². The summed E-state index contributed by atoms with van der Waals surface area (Å²) >= 11 is 0. The Hall–Kier alpha value is -0.0400. The van der Waals surface area contributed by atoms with Crippen molar-refractivity contribution < 1.29 is 0 Å². The third kappa shape index (κ3) is 4.45. The normalized spacial score (nSPS) is 21.9. The van der Waals surface area contributed by atoms with E-state index in [0.29, 0.717) is 0 Å². The van der Waals surface area contributed by atoms with Crippen molar-refractivity contribution in [3.8, 4) is 0 Å². The molecule has 1 rings (SSSR count). The molecule has 0 heterocycles. The van der Waals surface area contributed by atoms with Crippen LogP contribution in [0.3, 0.4) is 0 Å². The summed E-state index contributed by atoms with van der Waals surface area (Å²) < 4.78 is 0. The highest BCUT2D eigenvalue weighted by molar-refractivity contribution is 4.74. The maximum Gasteiger partial charge on any atom is 0.00669 e. The summed E-state index contributed by atoms with van der Waals surface area (Å²) in [6, 6.07) is 0.750. The number of unbranched alkanes of at least 4 members (excludes halogenated alkanes) is 1. The maximum absolute atomic E-state index is 3.68. The predicted molar refractivity (Wildman–Crippen MR) is 63.6 cm³/mol. The van der Waals surface area contributed by atoms with Gasteiger partial charge < -0.3 is 5.32 Å². The molecule has 1 atom stereocenters. The number of hydrogen-bond acceptors (Lipinski definition) is 1. The fourth-order valence-corrected chi connectivity index (χ4v) is 2.48. The first-order valence-corrected chi connectivity index (χ1v) is 6.58. The number of hydrogen-bond donors (Lipinski definition) is 1. The van der Waals surface area contributed by atoms with Crippen LogP contribution in [0.15, 0.2) is 0 Å². The van der Waals surface area contributed by atoms with Gasteiger partial charge in [-0.3, -0.25) is 0 Å². The lowest BCUT2D eigenvalue weighted by Gasteiger charge is -2.23. The molecule has 1 fully saturated rings. The van der Waals surface area contributed by atoms with Crippen molar-refractivity contribution in [1.82, 2.24) is 5.32 Å². The van der Waals surface area contributed by atoms with E-state index in [9.17, 15) is 0 Å². The lowest BCUT2D eigenvalue weighted by molar-refractivity contribution is 0.337. The fraction of sp³-hybridized carbons (Fsp3) is 1.00. The molecule has 1 heteroatoms. The van der Waals surface area contributed by atoms with Gasteiger partial charge >= 0.3 is 0 Å². The first kappa shape index (κ1) is 12.0. The molecule has 1 saturated carbocycles. The third-order valence-corrected chi connectivity index (χ3v) is 3.60. The average molecular weight is 197 g/mol. The molecule has 0 unspecified atom stereocenters. The second kappa shape index (κ2) is 7.28. The molecule has 1 N–H and O–H groups in total. The minimum atomic E-state index is 0.750. The van der Waals surface area contributed by atoms with Gasteiger partial charge in [-0.15, -0.1) is 0 Å². The smallest absolute Gasteiger partial charge is 0.00669 e. The highest BCUT2D eigenvalue weighted by Gasteiger charge is 2.17. The summed E-state index contributed by atoms with van der Waals surface area (Å²) in [5, 5.41) is 3.68. The van der Waals surface area contributed by atoms with Gasteiger partial charge in [0.2, 0.25) is 0 Å². The van der Waals surface area contributed by atoms with Gasteiger partial charge in [0.05, 0.1) is 0 Å². The maximum atomic E-state index is 3.68. The van der Waals surface area contributed by atoms with Gasteiger partial charge in [-0.2, -0.15) is 0 Å². The summed E-state index contributed by atoms with van der Waals surface area (Å²) in [6.45, 7) is 5.86. The molecule has 0 radical (unpaired) electrons. The van der Waals surface area contributed by atoms with Crippen molar-refractivity contribution in [2.24, 2.45) is 5.92 Å². The van der Waals surface area contributed by atoms with E-state index < -0.39 is 0 Å². The minimum Gasteiger partial charge on any atom is -0.314 e. The zero-order valence-corrected chi connectivity index (χ0v) is 10.0. The highest BCUT2D eigenvalue weighted by atomic mass is 14.9. The van der Waals surface area contributed by atoms with Crippen LogP contribution in [-0.4, -0.2) is 12.6 Å². The molecule has 1 aliphatic rings. The van der Waals surface area contributed by atoms with E-state index in [4.69, 9.17) is 0 Å². The van der Waals surface area contributed by atoms with E-state index in [1.807, 2.05) is 0 Å². The van der Waals surface area contributed by atoms with Crippen LogP contribution in [-0.2, 0) is 0 Å². The Balaban J connectivity index is 2.16. The Morgan fingerprint density at radius 1 is 1.14 bits per heavy atom. The minimum absolute atomic E-state index is 0.750. The molecular weight excluding hydrogens is 170 g/mol. The molecule has 0 bridgehead atoms. The summed E-state index contributed by atoms with van der Waals surface area (Å²) in [5.41, 5.74) is 0. The van der Waals surface area contributed by atoms with Gasteiger partial charge in [0.15, 0.2) is 0 Å². The quantitative estimate of drug-likeness (QED) is 0.523. The van der Waals surface area contributed by atoms with E-state index in [1.54, 1.807) is 0 Å². The Labute approximate surface area is 89.7 Å². The number of rotatable bonds is 5. The molecular formula is C13H27N. The van der Waals surface area contributed by atoms with Crippen LogP contribution in [0.5, 0.6) is 0 Å². The molecule has 84 valence electrons. The molecule has 0 spiro atoms. The van der Waals surface area contributed by atoms with Gasteiger partial charge in [0.25, 0.3) is 0 Å². The van der Waals surface area contributed by atoms with Crippen LogP contribution >= 0.6 is 0 Å². The highest BCUT2D eigenvalue weighted by Crippen LogP contribution is 2.25. The van der Waals surface area contributed by atoms with Crippen molar-refractivity contribution in [1.29, 1.82) is 0 Å². The molecule has 0 amide bonds.